The molecule has 0 aliphatic rings. The van der Waals surface area contributed by atoms with Gasteiger partial charge in [0.15, 0.2) is 0 Å². The summed E-state index contributed by atoms with van der Waals surface area (Å²) >= 11 is 1.40. The second kappa shape index (κ2) is 5.54. The van der Waals surface area contributed by atoms with Crippen molar-refractivity contribution in [3.05, 3.63) is 0 Å². The molecule has 0 saturated carbocycles. The van der Waals surface area contributed by atoms with E-state index in [0.717, 1.165) is 0 Å². The van der Waals surface area contributed by atoms with Gasteiger partial charge in [0.2, 0.25) is 0 Å². The molecule has 0 amide bonds. The summed E-state index contributed by atoms with van der Waals surface area (Å²) < 4.78 is 10.9. The van der Waals surface area contributed by atoms with Gasteiger partial charge in [-0.05, 0) is 0 Å². The first-order chi connectivity index (χ1) is 4.52. The Morgan fingerprint density at radius 3 is 1.50 bits per heavy atom. The van der Waals surface area contributed by atoms with Gasteiger partial charge in [-0.1, -0.05) is 0 Å². The summed E-state index contributed by atoms with van der Waals surface area (Å²) in [5.74, 6) is 0. The van der Waals surface area contributed by atoms with Crippen molar-refractivity contribution in [1.29, 1.82) is 0 Å². The van der Waals surface area contributed by atoms with Crippen molar-refractivity contribution < 1.29 is 27.9 Å². The zero-order valence-electron chi connectivity index (χ0n) is 6.83. The molecule has 0 aromatic rings. The zero-order chi connectivity index (χ0) is 8.15. The van der Waals surface area contributed by atoms with Crippen LogP contribution in [0, 0.1) is 0 Å². The standard InChI is InChI=1S/C6H14O2P.W/c1-5(2)7-9-8-6(3)4;/h5-6H,1-4H3;/q-1;+2. The van der Waals surface area contributed by atoms with Gasteiger partial charge >= 0.3 is 73.8 Å². The molecule has 0 bridgehead atoms. The van der Waals surface area contributed by atoms with E-state index in [-0.39, 0.29) is 0 Å². The van der Waals surface area contributed by atoms with Gasteiger partial charge in [0, 0.05) is 0 Å². The average molecular weight is 333 g/mol. The molecular formula is C6H14O2PW+. The van der Waals surface area contributed by atoms with E-state index in [1.807, 2.05) is 27.7 Å². The summed E-state index contributed by atoms with van der Waals surface area (Å²) in [5, 5.41) is 0. The molecule has 0 rings (SSSR count). The molecule has 0 heterocycles. The van der Waals surface area contributed by atoms with Gasteiger partial charge in [-0.15, -0.1) is 0 Å². The monoisotopic (exact) mass is 333 g/mol. The van der Waals surface area contributed by atoms with Crippen molar-refractivity contribution in [3.63, 3.8) is 0 Å². The maximum absolute atomic E-state index is 5.44. The predicted octanol–water partition coefficient (Wildman–Crippen LogP) is 2.61. The van der Waals surface area contributed by atoms with E-state index in [1.54, 1.807) is 0 Å². The van der Waals surface area contributed by atoms with Crippen molar-refractivity contribution in [3.8, 4) is 0 Å². The topological polar surface area (TPSA) is 18.5 Å². The molecule has 0 fully saturated rings. The molecule has 0 spiro atoms. The quantitative estimate of drug-likeness (QED) is 0.737. The Balaban J connectivity index is 3.44. The molecule has 0 unspecified atom stereocenters. The molecule has 60 valence electrons. The Morgan fingerprint density at radius 1 is 1.00 bits per heavy atom. The van der Waals surface area contributed by atoms with E-state index in [4.69, 9.17) is 9.05 Å². The first kappa shape index (κ1) is 10.9. The molecule has 0 aromatic heterocycles. The van der Waals surface area contributed by atoms with Crippen LogP contribution in [0.3, 0.4) is 0 Å². The van der Waals surface area contributed by atoms with E-state index >= 15 is 0 Å². The van der Waals surface area contributed by atoms with Crippen LogP contribution in [-0.4, -0.2) is 12.2 Å². The van der Waals surface area contributed by atoms with Crippen molar-refractivity contribution in [1.82, 2.24) is 0 Å². The van der Waals surface area contributed by atoms with E-state index < -0.39 is 6.01 Å². The van der Waals surface area contributed by atoms with E-state index in [9.17, 15) is 0 Å². The van der Waals surface area contributed by atoms with Crippen LogP contribution in [0.25, 0.3) is 0 Å². The minimum atomic E-state index is -0.576. The fourth-order valence-electron chi connectivity index (χ4n) is 0.369. The summed E-state index contributed by atoms with van der Waals surface area (Å²) in [5.41, 5.74) is 0. The Morgan fingerprint density at radius 2 is 1.30 bits per heavy atom. The second-order valence-corrected chi connectivity index (χ2v) is 6.61. The van der Waals surface area contributed by atoms with Gasteiger partial charge in [-0.2, -0.15) is 0 Å². The molecule has 0 aromatic carbocycles. The van der Waals surface area contributed by atoms with Crippen LogP contribution in [-0.2, 0) is 27.9 Å². The molecule has 10 heavy (non-hydrogen) atoms. The Bertz CT molecular complexity index is 102. The van der Waals surface area contributed by atoms with Crippen molar-refractivity contribution in [2.75, 3.05) is 0 Å². The molecule has 0 saturated heterocycles. The first-order valence-corrected chi connectivity index (χ1v) is 8.36. The molecule has 0 aliphatic carbocycles. The normalized spacial score (nSPS) is 11.0. The fraction of sp³-hybridized carbons (Fsp3) is 1.00. The van der Waals surface area contributed by atoms with Crippen LogP contribution in [0.15, 0.2) is 0 Å². The molecule has 0 N–H and O–H groups in total. The summed E-state index contributed by atoms with van der Waals surface area (Å²) in [4.78, 5) is 0. The van der Waals surface area contributed by atoms with Crippen LogP contribution in [0.2, 0.25) is 0 Å². The number of rotatable bonds is 4. The fourth-order valence-corrected chi connectivity index (χ4v) is 4.82. The Labute approximate surface area is 74.0 Å². The van der Waals surface area contributed by atoms with Crippen LogP contribution in [0.4, 0.5) is 0 Å². The van der Waals surface area contributed by atoms with Gasteiger partial charge in [-0.25, -0.2) is 0 Å². The first-order valence-electron chi connectivity index (χ1n) is 3.33. The maximum atomic E-state index is 5.44. The SMILES string of the molecule is CC(C)O[P+](=[W])OC(C)C. The van der Waals surface area contributed by atoms with E-state index in [1.165, 1.54) is 18.8 Å². The zero-order valence-corrected chi connectivity index (χ0v) is 10.7. The van der Waals surface area contributed by atoms with Gasteiger partial charge in [-0.3, -0.25) is 0 Å². The van der Waals surface area contributed by atoms with Crippen molar-refractivity contribution in [2.24, 2.45) is 0 Å². The molecular weight excluding hydrogens is 319 g/mol. The molecule has 0 aliphatic heterocycles. The van der Waals surface area contributed by atoms with Gasteiger partial charge in [0.25, 0.3) is 0 Å². The third kappa shape index (κ3) is 7.02. The summed E-state index contributed by atoms with van der Waals surface area (Å²) in [6.07, 6.45) is 0.588. The number of hydrogen-bond acceptors (Lipinski definition) is 2. The van der Waals surface area contributed by atoms with Crippen LogP contribution in [0.1, 0.15) is 27.7 Å². The predicted molar refractivity (Wildman–Crippen MR) is 39.4 cm³/mol. The molecule has 2 nitrogen and oxygen atoms in total. The third-order valence-electron chi connectivity index (χ3n) is 0.594. The van der Waals surface area contributed by atoms with Crippen molar-refractivity contribution in [2.45, 2.75) is 39.9 Å². The van der Waals surface area contributed by atoms with Gasteiger partial charge in [0.05, 0.1) is 0 Å². The molecule has 4 heteroatoms. The Kier molecular flexibility index (Phi) is 6.05. The summed E-state index contributed by atoms with van der Waals surface area (Å²) in [6, 6.07) is -0.576. The minimum absolute atomic E-state index is 0.294. The third-order valence-corrected chi connectivity index (χ3v) is 3.64. The van der Waals surface area contributed by atoms with E-state index in [0.29, 0.717) is 12.2 Å². The van der Waals surface area contributed by atoms with Gasteiger partial charge < -0.3 is 0 Å². The molecule has 0 atom stereocenters. The van der Waals surface area contributed by atoms with Gasteiger partial charge in [0.1, 0.15) is 0 Å². The molecule has 0 radical (unpaired) electrons. The van der Waals surface area contributed by atoms with Crippen LogP contribution >= 0.6 is 6.01 Å². The van der Waals surface area contributed by atoms with Crippen molar-refractivity contribution >= 4 is 6.01 Å². The summed E-state index contributed by atoms with van der Waals surface area (Å²) in [6.45, 7) is 8.12. The Hall–Kier alpha value is 0.908. The van der Waals surface area contributed by atoms with Crippen LogP contribution in [0.5, 0.6) is 0 Å². The number of hydrogen-bond donors (Lipinski definition) is 0. The summed E-state index contributed by atoms with van der Waals surface area (Å²) in [7, 11) is 0. The van der Waals surface area contributed by atoms with E-state index in [2.05, 4.69) is 0 Å². The second-order valence-electron chi connectivity index (χ2n) is 2.53. The average Bonchev–Trinajstić information content (AvgIpc) is 1.58. The van der Waals surface area contributed by atoms with Crippen LogP contribution < -0.4 is 0 Å².